The van der Waals surface area contributed by atoms with Gasteiger partial charge < -0.3 is 5.32 Å². The summed E-state index contributed by atoms with van der Waals surface area (Å²) in [6.07, 6.45) is 2.13. The average Bonchev–Trinajstić information content (AvgIpc) is 3.01. The Bertz CT molecular complexity index is 736. The Morgan fingerprint density at radius 3 is 2.00 bits per heavy atom. The molecule has 0 saturated heterocycles. The minimum atomic E-state index is 0.349. The van der Waals surface area contributed by atoms with Crippen LogP contribution in [0.15, 0.2) is 66.9 Å². The van der Waals surface area contributed by atoms with Crippen LogP contribution in [0.1, 0.15) is 48.1 Å². The van der Waals surface area contributed by atoms with Crippen LogP contribution in [-0.4, -0.2) is 16.3 Å². The SMILES string of the molecule is CC(C)c1nn(C)cc1CNCC(c1ccccc1)c1ccccc1. The topological polar surface area (TPSA) is 29.9 Å². The van der Waals surface area contributed by atoms with Crippen molar-refractivity contribution in [1.82, 2.24) is 15.1 Å². The number of aromatic nitrogens is 2. The van der Waals surface area contributed by atoms with Gasteiger partial charge in [0.1, 0.15) is 0 Å². The lowest BCUT2D eigenvalue weighted by molar-refractivity contribution is 0.629. The fraction of sp³-hybridized carbons (Fsp3) is 0.318. The molecule has 0 fully saturated rings. The Hall–Kier alpha value is -2.39. The third-order valence-corrected chi connectivity index (χ3v) is 4.55. The molecule has 1 N–H and O–H groups in total. The Balaban J connectivity index is 1.74. The highest BCUT2D eigenvalue weighted by atomic mass is 15.3. The summed E-state index contributed by atoms with van der Waals surface area (Å²) in [6.45, 7) is 6.14. The molecule has 0 bridgehead atoms. The Kier molecular flexibility index (Phi) is 5.67. The van der Waals surface area contributed by atoms with E-state index >= 15 is 0 Å². The van der Waals surface area contributed by atoms with E-state index in [1.54, 1.807) is 0 Å². The first-order chi connectivity index (χ1) is 12.1. The monoisotopic (exact) mass is 333 g/mol. The summed E-state index contributed by atoms with van der Waals surface area (Å²) in [5.41, 5.74) is 5.16. The van der Waals surface area contributed by atoms with E-state index in [4.69, 9.17) is 0 Å². The molecule has 0 spiro atoms. The highest BCUT2D eigenvalue weighted by Crippen LogP contribution is 2.24. The first-order valence-corrected chi connectivity index (χ1v) is 8.98. The molecule has 0 amide bonds. The Morgan fingerprint density at radius 1 is 0.920 bits per heavy atom. The summed E-state index contributed by atoms with van der Waals surface area (Å²) in [5.74, 6) is 0.790. The predicted molar refractivity (Wildman–Crippen MR) is 104 cm³/mol. The molecular weight excluding hydrogens is 306 g/mol. The Morgan fingerprint density at radius 2 is 1.48 bits per heavy atom. The van der Waals surface area contributed by atoms with E-state index in [2.05, 4.69) is 91.1 Å². The molecule has 3 aromatic rings. The van der Waals surface area contributed by atoms with Crippen LogP contribution in [0.4, 0.5) is 0 Å². The molecule has 130 valence electrons. The van der Waals surface area contributed by atoms with Gasteiger partial charge in [0.2, 0.25) is 0 Å². The molecule has 1 aromatic heterocycles. The number of hydrogen-bond donors (Lipinski definition) is 1. The van der Waals surface area contributed by atoms with Crippen LogP contribution in [0.5, 0.6) is 0 Å². The molecule has 3 rings (SSSR count). The van der Waals surface area contributed by atoms with Gasteiger partial charge in [0.15, 0.2) is 0 Å². The van der Waals surface area contributed by atoms with E-state index in [-0.39, 0.29) is 0 Å². The summed E-state index contributed by atoms with van der Waals surface area (Å²) < 4.78 is 1.91. The minimum Gasteiger partial charge on any atom is -0.312 e. The molecule has 0 unspecified atom stereocenters. The van der Waals surface area contributed by atoms with Crippen molar-refractivity contribution < 1.29 is 0 Å². The second-order valence-electron chi connectivity index (χ2n) is 6.87. The van der Waals surface area contributed by atoms with Crippen LogP contribution in [0.2, 0.25) is 0 Å². The van der Waals surface area contributed by atoms with Gasteiger partial charge in [0.05, 0.1) is 5.69 Å². The van der Waals surface area contributed by atoms with Gasteiger partial charge in [-0.3, -0.25) is 4.68 Å². The molecule has 0 atom stereocenters. The maximum atomic E-state index is 4.60. The lowest BCUT2D eigenvalue weighted by Crippen LogP contribution is -2.22. The zero-order valence-electron chi connectivity index (χ0n) is 15.3. The normalized spacial score (nSPS) is 11.4. The van der Waals surface area contributed by atoms with Crippen molar-refractivity contribution in [3.8, 4) is 0 Å². The summed E-state index contributed by atoms with van der Waals surface area (Å²) in [7, 11) is 1.99. The van der Waals surface area contributed by atoms with Gasteiger partial charge in [-0.25, -0.2) is 0 Å². The third-order valence-electron chi connectivity index (χ3n) is 4.55. The molecule has 0 aliphatic carbocycles. The van der Waals surface area contributed by atoms with Crippen molar-refractivity contribution in [2.24, 2.45) is 7.05 Å². The summed E-state index contributed by atoms with van der Waals surface area (Å²) in [4.78, 5) is 0. The maximum absolute atomic E-state index is 4.60. The van der Waals surface area contributed by atoms with Crippen molar-refractivity contribution >= 4 is 0 Å². The largest absolute Gasteiger partial charge is 0.312 e. The van der Waals surface area contributed by atoms with Crippen LogP contribution in [0.3, 0.4) is 0 Å². The zero-order chi connectivity index (χ0) is 17.6. The van der Waals surface area contributed by atoms with Crippen molar-refractivity contribution in [1.29, 1.82) is 0 Å². The van der Waals surface area contributed by atoms with Crippen LogP contribution < -0.4 is 5.32 Å². The van der Waals surface area contributed by atoms with E-state index in [9.17, 15) is 0 Å². The molecule has 3 heteroatoms. The van der Waals surface area contributed by atoms with Gasteiger partial charge in [-0.1, -0.05) is 74.5 Å². The smallest absolute Gasteiger partial charge is 0.0694 e. The van der Waals surface area contributed by atoms with E-state index in [0.29, 0.717) is 11.8 Å². The van der Waals surface area contributed by atoms with Crippen molar-refractivity contribution in [3.05, 3.63) is 89.2 Å². The van der Waals surface area contributed by atoms with Crippen LogP contribution in [-0.2, 0) is 13.6 Å². The fourth-order valence-corrected chi connectivity index (χ4v) is 3.33. The molecule has 3 nitrogen and oxygen atoms in total. The molecule has 1 heterocycles. The molecule has 2 aromatic carbocycles. The fourth-order valence-electron chi connectivity index (χ4n) is 3.33. The van der Waals surface area contributed by atoms with Gasteiger partial charge in [-0.05, 0) is 17.0 Å². The van der Waals surface area contributed by atoms with Gasteiger partial charge in [0, 0.05) is 37.8 Å². The summed E-state index contributed by atoms with van der Waals surface area (Å²) >= 11 is 0. The molecule has 0 radical (unpaired) electrons. The number of nitrogens with one attached hydrogen (secondary N) is 1. The van der Waals surface area contributed by atoms with Crippen LogP contribution in [0.25, 0.3) is 0 Å². The second kappa shape index (κ2) is 8.13. The molecule has 25 heavy (non-hydrogen) atoms. The number of benzene rings is 2. The first kappa shape index (κ1) is 17.4. The van der Waals surface area contributed by atoms with Crippen molar-refractivity contribution in [3.63, 3.8) is 0 Å². The quantitative estimate of drug-likeness (QED) is 0.691. The highest BCUT2D eigenvalue weighted by molar-refractivity contribution is 5.33. The van der Waals surface area contributed by atoms with Crippen LogP contribution >= 0.6 is 0 Å². The minimum absolute atomic E-state index is 0.349. The summed E-state index contributed by atoms with van der Waals surface area (Å²) in [5, 5.41) is 8.25. The maximum Gasteiger partial charge on any atom is 0.0694 e. The lowest BCUT2D eigenvalue weighted by atomic mass is 9.91. The summed E-state index contributed by atoms with van der Waals surface area (Å²) in [6, 6.07) is 21.4. The van der Waals surface area contributed by atoms with Gasteiger partial charge in [-0.15, -0.1) is 0 Å². The highest BCUT2D eigenvalue weighted by Gasteiger charge is 2.15. The van der Waals surface area contributed by atoms with E-state index in [1.165, 1.54) is 22.4 Å². The average molecular weight is 333 g/mol. The number of hydrogen-bond acceptors (Lipinski definition) is 2. The first-order valence-electron chi connectivity index (χ1n) is 8.98. The van der Waals surface area contributed by atoms with Crippen molar-refractivity contribution in [2.75, 3.05) is 6.54 Å². The van der Waals surface area contributed by atoms with Crippen molar-refractivity contribution in [2.45, 2.75) is 32.2 Å². The van der Waals surface area contributed by atoms with E-state index < -0.39 is 0 Å². The number of nitrogens with zero attached hydrogens (tertiary/aromatic N) is 2. The van der Waals surface area contributed by atoms with E-state index in [1.807, 2.05) is 11.7 Å². The zero-order valence-corrected chi connectivity index (χ0v) is 15.3. The standard InChI is InChI=1S/C22H27N3/c1-17(2)22-20(16-25(3)24-22)14-23-15-21(18-10-6-4-7-11-18)19-12-8-5-9-13-19/h4-13,16-17,21,23H,14-15H2,1-3H3. The van der Waals surface area contributed by atoms with Gasteiger partial charge in [0.25, 0.3) is 0 Å². The molecular formula is C22H27N3. The molecule has 0 aliphatic rings. The molecule has 0 aliphatic heterocycles. The predicted octanol–water partition coefficient (Wildman–Crippen LogP) is 4.47. The number of aryl methyl sites for hydroxylation is 1. The van der Waals surface area contributed by atoms with E-state index in [0.717, 1.165) is 13.1 Å². The van der Waals surface area contributed by atoms with Gasteiger partial charge in [-0.2, -0.15) is 5.10 Å². The number of rotatable bonds is 7. The van der Waals surface area contributed by atoms with Crippen LogP contribution in [0, 0.1) is 0 Å². The third kappa shape index (κ3) is 4.37. The van der Waals surface area contributed by atoms with Gasteiger partial charge >= 0.3 is 0 Å². The lowest BCUT2D eigenvalue weighted by Gasteiger charge is -2.19. The second-order valence-corrected chi connectivity index (χ2v) is 6.87. The molecule has 0 saturated carbocycles. The Labute approximate surface area is 150 Å².